The van der Waals surface area contributed by atoms with Crippen molar-refractivity contribution in [1.29, 1.82) is 0 Å². The first-order valence-electron chi connectivity index (χ1n) is 22.5. The van der Waals surface area contributed by atoms with Crippen LogP contribution in [0.4, 0.5) is 0 Å². The van der Waals surface area contributed by atoms with Gasteiger partial charge in [-0.05, 0) is 73.0 Å². The van der Waals surface area contributed by atoms with Crippen LogP contribution < -0.4 is 5.32 Å². The molecule has 4 aliphatic rings. The number of carbonyl (C=O) groups is 5. The number of nitrogens with one attached hydrogen (secondary N) is 1. The fraction of sp³-hybridized carbons (Fsp3) is 0.510. The number of esters is 3. The topological polar surface area (TPSA) is 204 Å². The molecule has 1 saturated heterocycles. The average Bonchev–Trinajstić information content (AvgIpc) is 3.26. The van der Waals surface area contributed by atoms with E-state index in [-0.39, 0.29) is 29.7 Å². The molecule has 3 aromatic rings. The molecule has 0 aromatic heterocycles. The van der Waals surface area contributed by atoms with E-state index in [1.165, 1.54) is 26.0 Å². The quantitative estimate of drug-likeness (QED) is 0.0734. The molecule has 0 spiro atoms. The fourth-order valence-electron chi connectivity index (χ4n) is 10.5. The number of amides is 1. The first-order chi connectivity index (χ1) is 30.8. The first-order valence-corrected chi connectivity index (χ1v) is 25.4. The molecular formula is C51H63NO13Si. The van der Waals surface area contributed by atoms with E-state index in [0.717, 1.165) is 0 Å². The molecule has 4 N–H and O–H groups in total. The van der Waals surface area contributed by atoms with Crippen LogP contribution in [0.2, 0.25) is 18.1 Å². The molecule has 3 fully saturated rings. The van der Waals surface area contributed by atoms with Crippen LogP contribution in [-0.4, -0.2) is 108 Å². The summed E-state index contributed by atoms with van der Waals surface area (Å²) in [5.41, 5.74) is -6.43. The van der Waals surface area contributed by atoms with E-state index >= 15 is 9.59 Å². The van der Waals surface area contributed by atoms with Crippen molar-refractivity contribution in [3.63, 3.8) is 0 Å². The van der Waals surface area contributed by atoms with Gasteiger partial charge in [0.05, 0.1) is 35.6 Å². The highest BCUT2D eigenvalue weighted by Gasteiger charge is 2.78. The van der Waals surface area contributed by atoms with Crippen LogP contribution in [0.5, 0.6) is 0 Å². The Morgan fingerprint density at radius 3 is 1.95 bits per heavy atom. The Morgan fingerprint density at radius 2 is 1.42 bits per heavy atom. The number of aliphatic hydroxyl groups excluding tert-OH is 2. The van der Waals surface area contributed by atoms with Gasteiger partial charge in [-0.25, -0.2) is 9.59 Å². The summed E-state index contributed by atoms with van der Waals surface area (Å²) in [5.74, 6) is -5.40. The Hall–Kier alpha value is -5.03. The molecule has 15 heteroatoms. The third kappa shape index (κ3) is 8.15. The van der Waals surface area contributed by atoms with Gasteiger partial charge in [0.15, 0.2) is 25.8 Å². The number of carbonyl (C=O) groups excluding carboxylic acids is 5. The molecule has 2 bridgehead atoms. The summed E-state index contributed by atoms with van der Waals surface area (Å²) in [6.45, 7) is 17.1. The summed E-state index contributed by atoms with van der Waals surface area (Å²) in [6.07, 6.45) is -9.76. The fourth-order valence-corrected chi connectivity index (χ4v) is 11.8. The predicted octanol–water partition coefficient (Wildman–Crippen LogP) is 6.19. The van der Waals surface area contributed by atoms with Crippen molar-refractivity contribution in [1.82, 2.24) is 5.32 Å². The van der Waals surface area contributed by atoms with Crippen molar-refractivity contribution in [3.05, 3.63) is 119 Å². The molecule has 14 nitrogen and oxygen atoms in total. The predicted molar refractivity (Wildman–Crippen MR) is 244 cm³/mol. The van der Waals surface area contributed by atoms with E-state index < -0.39 is 120 Å². The summed E-state index contributed by atoms with van der Waals surface area (Å²) in [5, 5.41) is 40.9. The Morgan fingerprint density at radius 1 is 0.864 bits per heavy atom. The number of hydrogen-bond acceptors (Lipinski definition) is 13. The zero-order chi connectivity index (χ0) is 48.4. The minimum Gasteiger partial charge on any atom is -0.456 e. The average molecular weight is 926 g/mol. The summed E-state index contributed by atoms with van der Waals surface area (Å²) in [7, 11) is -2.89. The molecule has 3 aromatic carbocycles. The van der Waals surface area contributed by atoms with E-state index in [4.69, 9.17) is 23.4 Å². The van der Waals surface area contributed by atoms with Gasteiger partial charge in [0.1, 0.15) is 30.0 Å². The summed E-state index contributed by atoms with van der Waals surface area (Å²) in [6, 6.07) is 24.3. The standard InChI is InChI=1S/C51H63NO13Si/c1-29-34(62-46(59)40(65-66(9,10)47(3,4)5)38(31-20-14-11-15-21-31)52-44(57)32-22-16-12-17-23-32)27-51(60)43(63-45(58)33-24-18-13-19-25-33)41-49(8,42(56)39(55)37(29)48(51,6)7)35(54)26-36-50(41,28-61-36)64-30(2)53/h11-25,34-36,38-41,43,54-55,60H,26-28H2,1-10H3,(H,52,57)/t34-,35-,36+,38-,39+,40?,41-,43-,49+,50-,51+/m0/s1. The van der Waals surface area contributed by atoms with Crippen LogP contribution >= 0.6 is 0 Å². The van der Waals surface area contributed by atoms with Crippen molar-refractivity contribution < 1.29 is 62.7 Å². The van der Waals surface area contributed by atoms with Crippen molar-refractivity contribution in [2.45, 2.75) is 140 Å². The van der Waals surface area contributed by atoms with Gasteiger partial charge >= 0.3 is 17.9 Å². The highest BCUT2D eigenvalue weighted by molar-refractivity contribution is 6.74. The molecule has 1 amide bonds. The summed E-state index contributed by atoms with van der Waals surface area (Å²) in [4.78, 5) is 72.0. The number of Topliss-reactive ketones (excluding diaryl/α,β-unsaturated/α-hetero) is 1. The number of ketones is 1. The number of aliphatic hydroxyl groups is 3. The molecule has 1 unspecified atom stereocenters. The molecule has 3 aliphatic carbocycles. The number of benzene rings is 3. The third-order valence-corrected chi connectivity index (χ3v) is 19.9. The molecule has 11 atom stereocenters. The number of hydrogen-bond donors (Lipinski definition) is 4. The van der Waals surface area contributed by atoms with Crippen LogP contribution in [0.15, 0.2) is 102 Å². The minimum absolute atomic E-state index is 0.000871. The zero-order valence-electron chi connectivity index (χ0n) is 39.3. The highest BCUT2D eigenvalue weighted by atomic mass is 28.4. The van der Waals surface area contributed by atoms with Gasteiger partial charge in [-0.2, -0.15) is 0 Å². The van der Waals surface area contributed by atoms with Crippen molar-refractivity contribution in [2.75, 3.05) is 6.61 Å². The van der Waals surface area contributed by atoms with Gasteiger partial charge in [0.2, 0.25) is 0 Å². The first kappa shape index (κ1) is 48.9. The number of fused-ring (bicyclic) bond motifs is 5. The SMILES string of the molecule is CC(=O)O[C@@]12CO[C@@H]1C[C@H](O)[C@@]1(C)C(=O)[C@H](O)C3=C(C)[C@@H](OC(=O)C(O[Si](C)(C)C(C)(C)C)[C@@H](NC(=O)c4ccccc4)c4ccccc4)C[C@@](O)([C@@H](OC(=O)c4ccccc4)[C@H]21)C3(C)C. The molecule has 1 heterocycles. The van der Waals surface area contributed by atoms with E-state index in [0.29, 0.717) is 11.1 Å². The van der Waals surface area contributed by atoms with Crippen molar-refractivity contribution in [3.8, 4) is 0 Å². The monoisotopic (exact) mass is 925 g/mol. The van der Waals surface area contributed by atoms with Gasteiger partial charge < -0.3 is 44.0 Å². The lowest BCUT2D eigenvalue weighted by molar-refractivity contribution is -0.346. The number of rotatable bonds is 11. The Bertz CT molecular complexity index is 2380. The summed E-state index contributed by atoms with van der Waals surface area (Å²) < 4.78 is 32.0. The van der Waals surface area contributed by atoms with E-state index in [1.54, 1.807) is 99.6 Å². The zero-order valence-corrected chi connectivity index (χ0v) is 40.3. The largest absolute Gasteiger partial charge is 0.456 e. The van der Waals surface area contributed by atoms with Gasteiger partial charge in [0.25, 0.3) is 5.91 Å². The van der Waals surface area contributed by atoms with Gasteiger partial charge in [-0.15, -0.1) is 0 Å². The van der Waals surface area contributed by atoms with Crippen LogP contribution in [-0.2, 0) is 37.8 Å². The van der Waals surface area contributed by atoms with E-state index in [9.17, 15) is 29.7 Å². The molecule has 354 valence electrons. The van der Waals surface area contributed by atoms with Crippen LogP contribution in [0, 0.1) is 16.7 Å². The van der Waals surface area contributed by atoms with Crippen LogP contribution in [0.1, 0.15) is 101 Å². The lowest BCUT2D eigenvalue weighted by atomic mass is 9.44. The maximum atomic E-state index is 15.3. The normalized spacial score (nSPS) is 31.3. The van der Waals surface area contributed by atoms with Crippen LogP contribution in [0.3, 0.4) is 0 Å². The second-order valence-corrected chi connectivity index (χ2v) is 25.4. The van der Waals surface area contributed by atoms with Gasteiger partial charge in [-0.1, -0.05) is 101 Å². The number of ether oxygens (including phenoxy) is 4. The molecular weight excluding hydrogens is 863 g/mol. The Balaban J connectivity index is 1.40. The second-order valence-electron chi connectivity index (χ2n) is 20.6. The van der Waals surface area contributed by atoms with E-state index in [1.807, 2.05) is 33.9 Å². The highest BCUT2D eigenvalue weighted by Crippen LogP contribution is 2.64. The molecule has 7 rings (SSSR count). The molecule has 66 heavy (non-hydrogen) atoms. The maximum absolute atomic E-state index is 15.3. The summed E-state index contributed by atoms with van der Waals surface area (Å²) >= 11 is 0. The lowest BCUT2D eigenvalue weighted by Crippen LogP contribution is -2.81. The van der Waals surface area contributed by atoms with Crippen molar-refractivity contribution >= 4 is 37.9 Å². The molecule has 2 saturated carbocycles. The Kier molecular flexibility index (Phi) is 13.0. The van der Waals surface area contributed by atoms with Gasteiger partial charge in [-0.3, -0.25) is 14.4 Å². The maximum Gasteiger partial charge on any atom is 0.338 e. The Labute approximate surface area is 387 Å². The lowest BCUT2D eigenvalue weighted by Gasteiger charge is -2.67. The smallest absolute Gasteiger partial charge is 0.338 e. The van der Waals surface area contributed by atoms with Crippen molar-refractivity contribution in [2.24, 2.45) is 16.7 Å². The van der Waals surface area contributed by atoms with Crippen LogP contribution in [0.25, 0.3) is 0 Å². The van der Waals surface area contributed by atoms with Gasteiger partial charge in [0, 0.05) is 30.7 Å². The second kappa shape index (κ2) is 17.6. The molecule has 1 aliphatic heterocycles. The third-order valence-electron chi connectivity index (χ3n) is 15.4. The minimum atomic E-state index is -2.89. The molecule has 0 radical (unpaired) electrons. The van der Waals surface area contributed by atoms with E-state index in [2.05, 4.69) is 5.32 Å².